The number of anilines is 1. The zero-order valence-electron chi connectivity index (χ0n) is 9.99. The molecular weight excluding hydrogens is 328 g/mol. The first-order chi connectivity index (χ1) is 9.06. The summed E-state index contributed by atoms with van der Waals surface area (Å²) in [5, 5.41) is 3.46. The second kappa shape index (κ2) is 6.08. The minimum atomic E-state index is -0.204. The standard InChI is InChI=1S/C14H12BrClN2O/c15-10-4-5-12(13(17)7-10)14(19)18-8-9-2-1-3-11(16)6-9/h1-7H,8,17H2,(H,18,19). The maximum atomic E-state index is 12.0. The summed E-state index contributed by atoms with van der Waals surface area (Å²) in [5.41, 5.74) is 7.65. The van der Waals surface area contributed by atoms with E-state index < -0.39 is 0 Å². The normalized spacial score (nSPS) is 10.2. The number of amides is 1. The number of hydrogen-bond donors (Lipinski definition) is 2. The van der Waals surface area contributed by atoms with E-state index in [-0.39, 0.29) is 5.91 Å². The molecule has 0 bridgehead atoms. The summed E-state index contributed by atoms with van der Waals surface area (Å²) in [7, 11) is 0. The molecule has 2 aromatic rings. The molecule has 0 atom stereocenters. The van der Waals surface area contributed by atoms with Gasteiger partial charge in [0.15, 0.2) is 0 Å². The molecule has 2 aromatic carbocycles. The van der Waals surface area contributed by atoms with Crippen LogP contribution in [-0.4, -0.2) is 5.91 Å². The van der Waals surface area contributed by atoms with Crippen LogP contribution in [0.4, 0.5) is 5.69 Å². The molecule has 0 spiro atoms. The Bertz CT molecular complexity index is 616. The van der Waals surface area contributed by atoms with Crippen molar-refractivity contribution in [3.63, 3.8) is 0 Å². The molecule has 0 saturated carbocycles. The average Bonchev–Trinajstić information content (AvgIpc) is 2.36. The molecule has 1 amide bonds. The number of hydrogen-bond acceptors (Lipinski definition) is 2. The fourth-order valence-corrected chi connectivity index (χ4v) is 2.26. The molecule has 0 aliphatic heterocycles. The van der Waals surface area contributed by atoms with Gasteiger partial charge in [0.1, 0.15) is 0 Å². The van der Waals surface area contributed by atoms with Gasteiger partial charge in [-0.1, -0.05) is 39.7 Å². The summed E-state index contributed by atoms with van der Waals surface area (Å²) in [6, 6.07) is 12.5. The Hall–Kier alpha value is -1.52. The molecule has 3 N–H and O–H groups in total. The van der Waals surface area contributed by atoms with Crippen LogP contribution in [0.5, 0.6) is 0 Å². The molecular formula is C14H12BrClN2O. The highest BCUT2D eigenvalue weighted by Crippen LogP contribution is 2.18. The van der Waals surface area contributed by atoms with E-state index in [2.05, 4.69) is 21.2 Å². The van der Waals surface area contributed by atoms with Gasteiger partial charge in [0.2, 0.25) is 0 Å². The maximum absolute atomic E-state index is 12.0. The molecule has 5 heteroatoms. The van der Waals surface area contributed by atoms with Gasteiger partial charge < -0.3 is 11.1 Å². The van der Waals surface area contributed by atoms with Gasteiger partial charge in [-0.05, 0) is 35.9 Å². The Balaban J connectivity index is 2.05. The van der Waals surface area contributed by atoms with E-state index in [4.69, 9.17) is 17.3 Å². The van der Waals surface area contributed by atoms with Crippen molar-refractivity contribution in [3.05, 3.63) is 63.1 Å². The third-order valence-corrected chi connectivity index (χ3v) is 3.33. The molecule has 98 valence electrons. The van der Waals surface area contributed by atoms with Crippen LogP contribution >= 0.6 is 27.5 Å². The molecule has 0 fully saturated rings. The van der Waals surface area contributed by atoms with Gasteiger partial charge in [-0.2, -0.15) is 0 Å². The van der Waals surface area contributed by atoms with Gasteiger partial charge in [-0.3, -0.25) is 4.79 Å². The van der Waals surface area contributed by atoms with Crippen LogP contribution in [0.15, 0.2) is 46.9 Å². The van der Waals surface area contributed by atoms with Crippen LogP contribution in [0.1, 0.15) is 15.9 Å². The van der Waals surface area contributed by atoms with Gasteiger partial charge in [-0.15, -0.1) is 0 Å². The van der Waals surface area contributed by atoms with Crippen LogP contribution in [0.2, 0.25) is 5.02 Å². The van der Waals surface area contributed by atoms with E-state index in [1.807, 2.05) is 18.2 Å². The monoisotopic (exact) mass is 338 g/mol. The quantitative estimate of drug-likeness (QED) is 0.839. The van der Waals surface area contributed by atoms with Gasteiger partial charge in [0.05, 0.1) is 5.56 Å². The number of rotatable bonds is 3. The van der Waals surface area contributed by atoms with Crippen molar-refractivity contribution in [1.82, 2.24) is 5.32 Å². The molecule has 0 aliphatic rings. The lowest BCUT2D eigenvalue weighted by molar-refractivity contribution is 0.0952. The molecule has 0 aromatic heterocycles. The van der Waals surface area contributed by atoms with Gasteiger partial charge >= 0.3 is 0 Å². The maximum Gasteiger partial charge on any atom is 0.253 e. The molecule has 0 unspecified atom stereocenters. The number of halogens is 2. The second-order valence-electron chi connectivity index (χ2n) is 4.04. The number of benzene rings is 2. The number of carbonyl (C=O) groups excluding carboxylic acids is 1. The van der Waals surface area contributed by atoms with Gasteiger partial charge in [-0.25, -0.2) is 0 Å². The molecule has 0 heterocycles. The first kappa shape index (κ1) is 13.9. The predicted octanol–water partition coefficient (Wildman–Crippen LogP) is 3.61. The van der Waals surface area contributed by atoms with Crippen molar-refractivity contribution in [1.29, 1.82) is 0 Å². The molecule has 0 saturated heterocycles. The minimum absolute atomic E-state index is 0.204. The largest absolute Gasteiger partial charge is 0.398 e. The third-order valence-electron chi connectivity index (χ3n) is 2.60. The molecule has 3 nitrogen and oxygen atoms in total. The summed E-state index contributed by atoms with van der Waals surface area (Å²) in [5.74, 6) is -0.204. The van der Waals surface area contributed by atoms with Crippen molar-refractivity contribution in [2.24, 2.45) is 0 Å². The lowest BCUT2D eigenvalue weighted by Gasteiger charge is -2.08. The number of nitrogen functional groups attached to an aromatic ring is 1. The third kappa shape index (κ3) is 3.72. The summed E-state index contributed by atoms with van der Waals surface area (Å²) >= 11 is 9.18. The Morgan fingerprint density at radius 1 is 1.26 bits per heavy atom. The average molecular weight is 340 g/mol. The van der Waals surface area contributed by atoms with Crippen molar-refractivity contribution in [2.75, 3.05) is 5.73 Å². The molecule has 0 radical (unpaired) electrons. The summed E-state index contributed by atoms with van der Waals surface area (Å²) < 4.78 is 0.844. The van der Waals surface area contributed by atoms with Gasteiger partial charge in [0, 0.05) is 21.7 Å². The Kier molecular flexibility index (Phi) is 4.45. The van der Waals surface area contributed by atoms with E-state index in [0.29, 0.717) is 22.8 Å². The van der Waals surface area contributed by atoms with E-state index in [1.165, 1.54) is 0 Å². The first-order valence-corrected chi connectivity index (χ1v) is 6.81. The highest BCUT2D eigenvalue weighted by Gasteiger charge is 2.09. The molecule has 0 aliphatic carbocycles. The highest BCUT2D eigenvalue weighted by molar-refractivity contribution is 9.10. The van der Waals surface area contributed by atoms with Crippen LogP contribution in [0, 0.1) is 0 Å². The van der Waals surface area contributed by atoms with E-state index >= 15 is 0 Å². The topological polar surface area (TPSA) is 55.1 Å². The van der Waals surface area contributed by atoms with Gasteiger partial charge in [0.25, 0.3) is 5.91 Å². The number of carbonyl (C=O) groups is 1. The Morgan fingerprint density at radius 3 is 2.74 bits per heavy atom. The Labute approximate surface area is 124 Å². The molecule has 19 heavy (non-hydrogen) atoms. The fraction of sp³-hybridized carbons (Fsp3) is 0.0714. The predicted molar refractivity (Wildman–Crippen MR) is 81.2 cm³/mol. The fourth-order valence-electron chi connectivity index (χ4n) is 1.66. The highest BCUT2D eigenvalue weighted by atomic mass is 79.9. The van der Waals surface area contributed by atoms with Crippen LogP contribution in [0.3, 0.4) is 0 Å². The number of nitrogens with two attached hydrogens (primary N) is 1. The van der Waals surface area contributed by atoms with E-state index in [1.54, 1.807) is 24.3 Å². The lowest BCUT2D eigenvalue weighted by atomic mass is 10.1. The zero-order chi connectivity index (χ0) is 13.8. The summed E-state index contributed by atoms with van der Waals surface area (Å²) in [4.78, 5) is 12.0. The van der Waals surface area contributed by atoms with E-state index in [0.717, 1.165) is 10.0 Å². The molecule has 2 rings (SSSR count). The SMILES string of the molecule is Nc1cc(Br)ccc1C(=O)NCc1cccc(Cl)c1. The Morgan fingerprint density at radius 2 is 2.05 bits per heavy atom. The number of nitrogens with one attached hydrogen (secondary N) is 1. The summed E-state index contributed by atoms with van der Waals surface area (Å²) in [6.07, 6.45) is 0. The van der Waals surface area contributed by atoms with Crippen LogP contribution < -0.4 is 11.1 Å². The van der Waals surface area contributed by atoms with Crippen LogP contribution in [-0.2, 0) is 6.54 Å². The second-order valence-corrected chi connectivity index (χ2v) is 5.40. The van der Waals surface area contributed by atoms with Crippen molar-refractivity contribution >= 4 is 39.1 Å². The van der Waals surface area contributed by atoms with Crippen molar-refractivity contribution in [2.45, 2.75) is 6.54 Å². The van der Waals surface area contributed by atoms with E-state index in [9.17, 15) is 4.79 Å². The zero-order valence-corrected chi connectivity index (χ0v) is 12.3. The van der Waals surface area contributed by atoms with Crippen LogP contribution in [0.25, 0.3) is 0 Å². The minimum Gasteiger partial charge on any atom is -0.398 e. The summed E-state index contributed by atoms with van der Waals surface area (Å²) in [6.45, 7) is 0.412. The first-order valence-electron chi connectivity index (χ1n) is 5.64. The van der Waals surface area contributed by atoms with Crippen molar-refractivity contribution < 1.29 is 4.79 Å². The smallest absolute Gasteiger partial charge is 0.253 e. The van der Waals surface area contributed by atoms with Crippen molar-refractivity contribution in [3.8, 4) is 0 Å². The lowest BCUT2D eigenvalue weighted by Crippen LogP contribution is -2.23.